The molecule has 1 atom stereocenters. The van der Waals surface area contributed by atoms with Gasteiger partial charge in [0.25, 0.3) is 0 Å². The van der Waals surface area contributed by atoms with E-state index in [1.807, 2.05) is 13.8 Å². The summed E-state index contributed by atoms with van der Waals surface area (Å²) in [5.41, 5.74) is 5.26. The zero-order valence-electron chi connectivity index (χ0n) is 9.40. The van der Waals surface area contributed by atoms with Crippen molar-refractivity contribution in [2.45, 2.75) is 32.0 Å². The second kappa shape index (κ2) is 5.21. The molecule has 0 aromatic carbocycles. The van der Waals surface area contributed by atoms with E-state index in [0.29, 0.717) is 4.99 Å². The Labute approximate surface area is 96.4 Å². The maximum absolute atomic E-state index is 9.12. The van der Waals surface area contributed by atoms with E-state index in [9.17, 15) is 0 Å². The van der Waals surface area contributed by atoms with Crippen LogP contribution in [-0.4, -0.2) is 52.9 Å². The molecule has 0 spiro atoms. The first-order valence-corrected chi connectivity index (χ1v) is 5.63. The second-order valence-electron chi connectivity index (χ2n) is 4.63. The molecule has 4 nitrogen and oxygen atoms in total. The second-order valence-corrected chi connectivity index (χ2v) is 5.16. The third-order valence-electron chi connectivity index (χ3n) is 2.43. The number of thiocarbonyl (C=S) groups is 1. The number of morpholine rings is 1. The number of rotatable bonds is 4. The third-order valence-corrected chi connectivity index (χ3v) is 2.63. The van der Waals surface area contributed by atoms with Crippen molar-refractivity contribution < 1.29 is 9.84 Å². The number of nitrogens with zero attached hydrogens (tertiary/aromatic N) is 1. The minimum Gasteiger partial charge on any atom is -0.394 e. The predicted octanol–water partition coefficient (Wildman–Crippen LogP) is 0.134. The molecule has 1 aliphatic heterocycles. The molecule has 15 heavy (non-hydrogen) atoms. The van der Waals surface area contributed by atoms with Crippen LogP contribution >= 0.6 is 12.2 Å². The molecule has 0 aromatic rings. The lowest BCUT2D eigenvalue weighted by atomic mass is 10.1. The molecule has 88 valence electrons. The van der Waals surface area contributed by atoms with Gasteiger partial charge in [-0.05, 0) is 13.8 Å². The average molecular weight is 232 g/mol. The van der Waals surface area contributed by atoms with Crippen LogP contribution < -0.4 is 5.73 Å². The van der Waals surface area contributed by atoms with Crippen LogP contribution in [0.25, 0.3) is 0 Å². The van der Waals surface area contributed by atoms with E-state index in [1.165, 1.54) is 0 Å². The Hall–Kier alpha value is -0.230. The van der Waals surface area contributed by atoms with Crippen LogP contribution in [0.3, 0.4) is 0 Å². The lowest BCUT2D eigenvalue weighted by Gasteiger charge is -2.42. The van der Waals surface area contributed by atoms with Gasteiger partial charge in [0.05, 0.1) is 23.3 Å². The molecule has 1 unspecified atom stereocenters. The van der Waals surface area contributed by atoms with Crippen molar-refractivity contribution >= 4 is 17.2 Å². The van der Waals surface area contributed by atoms with E-state index >= 15 is 0 Å². The summed E-state index contributed by atoms with van der Waals surface area (Å²) >= 11 is 4.85. The molecule has 1 fully saturated rings. The zero-order chi connectivity index (χ0) is 11.5. The standard InChI is InChI=1S/C10H20N2O2S/c1-10(2)7-12(4-3-9(11)15)5-8(6-13)14-10/h8,13H,3-7H2,1-2H3,(H2,11,15). The van der Waals surface area contributed by atoms with Gasteiger partial charge in [-0.1, -0.05) is 12.2 Å². The van der Waals surface area contributed by atoms with E-state index in [0.717, 1.165) is 26.1 Å². The normalized spacial score (nSPS) is 26.5. The lowest BCUT2D eigenvalue weighted by Crippen LogP contribution is -2.54. The molecule has 1 aliphatic rings. The highest BCUT2D eigenvalue weighted by atomic mass is 32.1. The maximum Gasteiger partial charge on any atom is 0.0940 e. The molecule has 5 heteroatoms. The molecule has 0 radical (unpaired) electrons. The van der Waals surface area contributed by atoms with Gasteiger partial charge in [-0.15, -0.1) is 0 Å². The van der Waals surface area contributed by atoms with Crippen LogP contribution in [0.4, 0.5) is 0 Å². The third kappa shape index (κ3) is 4.42. The summed E-state index contributed by atoms with van der Waals surface area (Å²) in [4.78, 5) is 2.78. The molecule has 1 heterocycles. The van der Waals surface area contributed by atoms with Crippen LogP contribution in [0.15, 0.2) is 0 Å². The highest BCUT2D eigenvalue weighted by Gasteiger charge is 2.32. The molecule has 0 amide bonds. The summed E-state index contributed by atoms with van der Waals surface area (Å²) in [6.45, 7) is 6.57. The fourth-order valence-corrected chi connectivity index (χ4v) is 2.04. The van der Waals surface area contributed by atoms with Crippen LogP contribution in [0.5, 0.6) is 0 Å². The molecule has 0 bridgehead atoms. The van der Waals surface area contributed by atoms with Gasteiger partial charge in [-0.2, -0.15) is 0 Å². The Morgan fingerprint density at radius 2 is 2.33 bits per heavy atom. The van der Waals surface area contributed by atoms with Gasteiger partial charge in [-0.25, -0.2) is 0 Å². The monoisotopic (exact) mass is 232 g/mol. The van der Waals surface area contributed by atoms with Gasteiger partial charge >= 0.3 is 0 Å². The molecule has 1 saturated heterocycles. The average Bonchev–Trinajstić information content (AvgIpc) is 2.12. The van der Waals surface area contributed by atoms with Crippen molar-refractivity contribution in [3.63, 3.8) is 0 Å². The van der Waals surface area contributed by atoms with Crippen molar-refractivity contribution in [3.8, 4) is 0 Å². The van der Waals surface area contributed by atoms with Crippen molar-refractivity contribution in [1.29, 1.82) is 0 Å². The summed E-state index contributed by atoms with van der Waals surface area (Å²) in [7, 11) is 0. The van der Waals surface area contributed by atoms with Crippen molar-refractivity contribution in [2.24, 2.45) is 5.73 Å². The molecule has 3 N–H and O–H groups in total. The van der Waals surface area contributed by atoms with E-state index in [4.69, 9.17) is 27.8 Å². The summed E-state index contributed by atoms with van der Waals surface area (Å²) in [5.74, 6) is 0. The number of nitrogens with two attached hydrogens (primary N) is 1. The molecule has 1 rings (SSSR count). The van der Waals surface area contributed by atoms with Crippen molar-refractivity contribution in [2.75, 3.05) is 26.2 Å². The predicted molar refractivity (Wildman–Crippen MR) is 63.9 cm³/mol. The first-order valence-electron chi connectivity index (χ1n) is 5.22. The Balaban J connectivity index is 2.47. The Morgan fingerprint density at radius 1 is 1.67 bits per heavy atom. The molecule has 0 aliphatic carbocycles. The lowest BCUT2D eigenvalue weighted by molar-refractivity contribution is -0.148. The Kier molecular flexibility index (Phi) is 4.45. The SMILES string of the molecule is CC1(C)CN(CCC(N)=S)CC(CO)O1. The molecular formula is C10H20N2O2S. The first-order chi connectivity index (χ1) is 6.93. The number of hydrogen-bond acceptors (Lipinski definition) is 4. The van der Waals surface area contributed by atoms with Gasteiger partial charge in [0.2, 0.25) is 0 Å². The minimum absolute atomic E-state index is 0.0625. The quantitative estimate of drug-likeness (QED) is 0.675. The van der Waals surface area contributed by atoms with Gasteiger partial charge in [0, 0.05) is 26.1 Å². The zero-order valence-corrected chi connectivity index (χ0v) is 10.2. The van der Waals surface area contributed by atoms with Gasteiger partial charge < -0.3 is 15.6 Å². The fraction of sp³-hybridized carbons (Fsp3) is 0.900. The summed E-state index contributed by atoms with van der Waals surface area (Å²) in [6, 6.07) is 0. The van der Waals surface area contributed by atoms with Crippen LogP contribution in [0.1, 0.15) is 20.3 Å². The van der Waals surface area contributed by atoms with Crippen molar-refractivity contribution in [3.05, 3.63) is 0 Å². The smallest absolute Gasteiger partial charge is 0.0940 e. The van der Waals surface area contributed by atoms with E-state index in [2.05, 4.69) is 4.90 Å². The molecule has 0 aromatic heterocycles. The number of hydrogen-bond donors (Lipinski definition) is 2. The number of ether oxygens (including phenoxy) is 1. The van der Waals surface area contributed by atoms with Gasteiger partial charge in [-0.3, -0.25) is 4.90 Å². The first kappa shape index (κ1) is 12.8. The fourth-order valence-electron chi connectivity index (χ4n) is 1.95. The van der Waals surface area contributed by atoms with E-state index in [1.54, 1.807) is 0 Å². The van der Waals surface area contributed by atoms with Crippen molar-refractivity contribution in [1.82, 2.24) is 4.90 Å². The van der Waals surface area contributed by atoms with E-state index < -0.39 is 0 Å². The molecule has 0 saturated carbocycles. The maximum atomic E-state index is 9.12. The van der Waals surface area contributed by atoms with E-state index in [-0.39, 0.29) is 18.3 Å². The topological polar surface area (TPSA) is 58.7 Å². The Morgan fingerprint density at radius 3 is 2.87 bits per heavy atom. The summed E-state index contributed by atoms with van der Waals surface area (Å²) < 4.78 is 5.70. The van der Waals surface area contributed by atoms with Crippen LogP contribution in [-0.2, 0) is 4.74 Å². The van der Waals surface area contributed by atoms with Gasteiger partial charge in [0.1, 0.15) is 0 Å². The summed E-state index contributed by atoms with van der Waals surface area (Å²) in [6.07, 6.45) is 0.629. The largest absolute Gasteiger partial charge is 0.394 e. The number of aliphatic hydroxyl groups excluding tert-OH is 1. The van der Waals surface area contributed by atoms with Gasteiger partial charge in [0.15, 0.2) is 0 Å². The van der Waals surface area contributed by atoms with Crippen LogP contribution in [0, 0.1) is 0 Å². The molecular weight excluding hydrogens is 212 g/mol. The highest BCUT2D eigenvalue weighted by Crippen LogP contribution is 2.20. The number of aliphatic hydroxyl groups is 1. The van der Waals surface area contributed by atoms with Crippen LogP contribution in [0.2, 0.25) is 0 Å². The Bertz CT molecular complexity index is 233. The minimum atomic E-state index is -0.206. The highest BCUT2D eigenvalue weighted by molar-refractivity contribution is 7.80. The summed E-state index contributed by atoms with van der Waals surface area (Å²) in [5, 5.41) is 9.12.